The Morgan fingerprint density at radius 3 is 2.39 bits per heavy atom. The van der Waals surface area contributed by atoms with Crippen molar-refractivity contribution in [3.05, 3.63) is 29.6 Å². The predicted octanol–water partition coefficient (Wildman–Crippen LogP) is 2.42. The molecule has 1 aromatic rings. The van der Waals surface area contributed by atoms with Crippen LogP contribution in [0.2, 0.25) is 0 Å². The third-order valence-electron chi connectivity index (χ3n) is 2.53. The van der Waals surface area contributed by atoms with Crippen LogP contribution in [0.25, 0.3) is 0 Å². The average molecular weight is 260 g/mol. The SMILES string of the molecule is CC(CN)CCC(=O)Nc1cc(F)c(F)c(F)c1. The van der Waals surface area contributed by atoms with Crippen molar-refractivity contribution in [1.82, 2.24) is 0 Å². The number of hydrogen-bond acceptors (Lipinski definition) is 2. The Balaban J connectivity index is 2.60. The van der Waals surface area contributed by atoms with Gasteiger partial charge in [0, 0.05) is 24.2 Å². The zero-order valence-corrected chi connectivity index (χ0v) is 9.97. The Morgan fingerprint density at radius 2 is 1.89 bits per heavy atom. The molecule has 1 unspecified atom stereocenters. The second kappa shape index (κ2) is 6.39. The highest BCUT2D eigenvalue weighted by atomic mass is 19.2. The van der Waals surface area contributed by atoms with E-state index in [0.717, 1.165) is 12.1 Å². The van der Waals surface area contributed by atoms with Crippen LogP contribution in [0.4, 0.5) is 18.9 Å². The van der Waals surface area contributed by atoms with Gasteiger partial charge in [0.1, 0.15) is 0 Å². The van der Waals surface area contributed by atoms with Crippen LogP contribution in [0, 0.1) is 23.4 Å². The first-order valence-corrected chi connectivity index (χ1v) is 5.58. The van der Waals surface area contributed by atoms with Crippen molar-refractivity contribution in [3.63, 3.8) is 0 Å². The van der Waals surface area contributed by atoms with Gasteiger partial charge in [-0.1, -0.05) is 6.92 Å². The summed E-state index contributed by atoms with van der Waals surface area (Å²) in [7, 11) is 0. The van der Waals surface area contributed by atoms with Crippen molar-refractivity contribution in [2.45, 2.75) is 19.8 Å². The molecule has 3 N–H and O–H groups in total. The topological polar surface area (TPSA) is 55.1 Å². The van der Waals surface area contributed by atoms with Crippen molar-refractivity contribution >= 4 is 11.6 Å². The summed E-state index contributed by atoms with van der Waals surface area (Å²) in [6, 6.07) is 1.48. The molecule has 0 bridgehead atoms. The Bertz CT molecular complexity index is 414. The second-order valence-corrected chi connectivity index (χ2v) is 4.18. The van der Waals surface area contributed by atoms with Gasteiger partial charge in [-0.2, -0.15) is 0 Å². The first kappa shape index (κ1) is 14.5. The largest absolute Gasteiger partial charge is 0.330 e. The van der Waals surface area contributed by atoms with Gasteiger partial charge in [0.2, 0.25) is 5.91 Å². The van der Waals surface area contributed by atoms with Gasteiger partial charge in [-0.15, -0.1) is 0 Å². The lowest BCUT2D eigenvalue weighted by Crippen LogP contribution is -2.16. The zero-order chi connectivity index (χ0) is 13.7. The van der Waals surface area contributed by atoms with Gasteiger partial charge in [-0.3, -0.25) is 4.79 Å². The first-order chi connectivity index (χ1) is 8.43. The van der Waals surface area contributed by atoms with Crippen LogP contribution in [0.3, 0.4) is 0 Å². The van der Waals surface area contributed by atoms with Crippen LogP contribution in [0.5, 0.6) is 0 Å². The monoisotopic (exact) mass is 260 g/mol. The van der Waals surface area contributed by atoms with Gasteiger partial charge < -0.3 is 11.1 Å². The van der Waals surface area contributed by atoms with E-state index in [9.17, 15) is 18.0 Å². The summed E-state index contributed by atoms with van der Waals surface area (Å²) in [5.41, 5.74) is 5.29. The van der Waals surface area contributed by atoms with Crippen LogP contribution < -0.4 is 11.1 Å². The minimum absolute atomic E-state index is 0.100. The second-order valence-electron chi connectivity index (χ2n) is 4.18. The van der Waals surface area contributed by atoms with Gasteiger partial charge in [0.15, 0.2) is 17.5 Å². The maximum absolute atomic E-state index is 12.9. The van der Waals surface area contributed by atoms with Gasteiger partial charge in [-0.25, -0.2) is 13.2 Å². The molecule has 100 valence electrons. The molecular weight excluding hydrogens is 245 g/mol. The van der Waals surface area contributed by atoms with Gasteiger partial charge in [0.05, 0.1) is 0 Å². The third kappa shape index (κ3) is 4.03. The average Bonchev–Trinajstić information content (AvgIpc) is 2.32. The molecule has 0 aliphatic carbocycles. The van der Waals surface area contributed by atoms with Crippen molar-refractivity contribution in [2.75, 3.05) is 11.9 Å². The maximum atomic E-state index is 12.9. The quantitative estimate of drug-likeness (QED) is 0.799. The molecule has 3 nitrogen and oxygen atoms in total. The standard InChI is InChI=1S/C12H15F3N2O/c1-7(6-16)2-3-11(18)17-8-4-9(13)12(15)10(14)5-8/h4-5,7H,2-3,6,16H2,1H3,(H,17,18). The molecule has 0 heterocycles. The molecule has 18 heavy (non-hydrogen) atoms. The highest BCUT2D eigenvalue weighted by Gasteiger charge is 2.12. The Hall–Kier alpha value is -1.56. The molecule has 0 aromatic heterocycles. The molecule has 1 amide bonds. The number of carbonyl (C=O) groups is 1. The van der Waals surface area contributed by atoms with Crippen molar-refractivity contribution in [3.8, 4) is 0 Å². The smallest absolute Gasteiger partial charge is 0.224 e. The highest BCUT2D eigenvalue weighted by Crippen LogP contribution is 2.17. The Morgan fingerprint density at radius 1 is 1.33 bits per heavy atom. The molecule has 0 spiro atoms. The minimum Gasteiger partial charge on any atom is -0.330 e. The lowest BCUT2D eigenvalue weighted by atomic mass is 10.1. The van der Waals surface area contributed by atoms with E-state index in [4.69, 9.17) is 5.73 Å². The molecule has 0 aliphatic rings. The molecular formula is C12H15F3N2O. The molecule has 0 fully saturated rings. The van der Waals surface area contributed by atoms with Gasteiger partial charge >= 0.3 is 0 Å². The fraction of sp³-hybridized carbons (Fsp3) is 0.417. The van der Waals surface area contributed by atoms with Crippen LogP contribution in [-0.2, 0) is 4.79 Å². The molecule has 0 radical (unpaired) electrons. The number of carbonyl (C=O) groups excluding carboxylic acids is 1. The van der Waals surface area contributed by atoms with Crippen LogP contribution in [-0.4, -0.2) is 12.5 Å². The molecule has 0 aliphatic heterocycles. The number of anilines is 1. The van der Waals surface area contributed by atoms with E-state index in [0.29, 0.717) is 13.0 Å². The number of nitrogens with one attached hydrogen (secondary N) is 1. The van der Waals surface area contributed by atoms with Crippen LogP contribution in [0.15, 0.2) is 12.1 Å². The first-order valence-electron chi connectivity index (χ1n) is 5.58. The predicted molar refractivity (Wildman–Crippen MR) is 62.4 cm³/mol. The van der Waals surface area contributed by atoms with Crippen molar-refractivity contribution in [1.29, 1.82) is 0 Å². The minimum atomic E-state index is -1.55. The fourth-order valence-electron chi connectivity index (χ4n) is 1.35. The van der Waals surface area contributed by atoms with Crippen LogP contribution in [0.1, 0.15) is 19.8 Å². The molecule has 1 aromatic carbocycles. The highest BCUT2D eigenvalue weighted by molar-refractivity contribution is 5.90. The number of amides is 1. The molecule has 6 heteroatoms. The zero-order valence-electron chi connectivity index (χ0n) is 9.97. The lowest BCUT2D eigenvalue weighted by Gasteiger charge is -2.09. The van der Waals surface area contributed by atoms with Crippen molar-refractivity contribution < 1.29 is 18.0 Å². The fourth-order valence-corrected chi connectivity index (χ4v) is 1.35. The van der Waals surface area contributed by atoms with E-state index in [1.54, 1.807) is 0 Å². The lowest BCUT2D eigenvalue weighted by molar-refractivity contribution is -0.116. The Labute approximate surface area is 103 Å². The summed E-state index contributed by atoms with van der Waals surface area (Å²) in [5.74, 6) is -4.41. The molecule has 0 saturated heterocycles. The summed E-state index contributed by atoms with van der Waals surface area (Å²) in [6.45, 7) is 2.36. The third-order valence-corrected chi connectivity index (χ3v) is 2.53. The van der Waals surface area contributed by atoms with Gasteiger partial charge in [0.25, 0.3) is 0 Å². The van der Waals surface area contributed by atoms with E-state index in [1.807, 2.05) is 6.92 Å². The van der Waals surface area contributed by atoms with E-state index in [1.165, 1.54) is 0 Å². The van der Waals surface area contributed by atoms with Gasteiger partial charge in [-0.05, 0) is 18.9 Å². The van der Waals surface area contributed by atoms with Crippen molar-refractivity contribution in [2.24, 2.45) is 11.7 Å². The Kier molecular flexibility index (Phi) is 5.15. The van der Waals surface area contributed by atoms with E-state index in [-0.39, 0.29) is 23.9 Å². The summed E-state index contributed by atoms with van der Waals surface area (Å²) in [6.07, 6.45) is 0.771. The normalized spacial score (nSPS) is 12.3. The number of halogens is 3. The number of rotatable bonds is 5. The van der Waals surface area contributed by atoms with E-state index in [2.05, 4.69) is 5.32 Å². The van der Waals surface area contributed by atoms with E-state index >= 15 is 0 Å². The van der Waals surface area contributed by atoms with Crippen LogP contribution >= 0.6 is 0 Å². The number of nitrogens with two attached hydrogens (primary N) is 1. The number of benzene rings is 1. The molecule has 1 rings (SSSR count). The summed E-state index contributed by atoms with van der Waals surface area (Å²) in [5, 5.41) is 2.30. The summed E-state index contributed by atoms with van der Waals surface area (Å²) < 4.78 is 38.4. The molecule has 0 saturated carbocycles. The molecule has 1 atom stereocenters. The summed E-state index contributed by atoms with van der Waals surface area (Å²) >= 11 is 0. The number of hydrogen-bond donors (Lipinski definition) is 2. The summed E-state index contributed by atoms with van der Waals surface area (Å²) in [4.78, 5) is 11.4. The maximum Gasteiger partial charge on any atom is 0.224 e. The van der Waals surface area contributed by atoms with E-state index < -0.39 is 17.5 Å².